The van der Waals surface area contributed by atoms with Crippen molar-refractivity contribution in [3.05, 3.63) is 43.7 Å². The summed E-state index contributed by atoms with van der Waals surface area (Å²) in [5.74, 6) is 0. The van der Waals surface area contributed by atoms with Crippen LogP contribution >= 0.6 is 0 Å². The van der Waals surface area contributed by atoms with Gasteiger partial charge in [-0.05, 0) is 43.2 Å². The van der Waals surface area contributed by atoms with E-state index in [1.54, 1.807) is 6.92 Å². The standard InChI is InChI=1S/C24H43N3O8SSi2/c1-15-12-27(21(29)26-19(15)28)20-18(34-38(10,11)23(5,6)7)24(16(25)14-36(30,31)35-24)17(33-20)13-32-37(8,9)22(2,3)4/h12,14,17-18,20H,13,25H2,1-11H3,(H,26,28,29)/t17-,18+,20+,24?/m0/s1. The zero-order valence-corrected chi connectivity index (χ0v) is 27.1. The number of nitrogens with one attached hydrogen (secondary N) is 1. The summed E-state index contributed by atoms with van der Waals surface area (Å²) < 4.78 is 52.2. The summed E-state index contributed by atoms with van der Waals surface area (Å²) in [7, 11) is -9.13. The predicted octanol–water partition coefficient (Wildman–Crippen LogP) is 3.05. The number of nitrogens with two attached hydrogens (primary N) is 1. The highest BCUT2D eigenvalue weighted by atomic mass is 32.2. The lowest BCUT2D eigenvalue weighted by molar-refractivity contribution is -0.0563. The Morgan fingerprint density at radius 2 is 1.63 bits per heavy atom. The predicted molar refractivity (Wildman–Crippen MR) is 150 cm³/mol. The summed E-state index contributed by atoms with van der Waals surface area (Å²) in [5, 5.41) is 0.462. The average molecular weight is 590 g/mol. The summed E-state index contributed by atoms with van der Waals surface area (Å²) >= 11 is 0. The van der Waals surface area contributed by atoms with E-state index in [2.05, 4.69) is 38.8 Å². The molecule has 11 nitrogen and oxygen atoms in total. The molecule has 1 aromatic heterocycles. The third-order valence-corrected chi connectivity index (χ3v) is 18.5. The Hall–Kier alpha value is -1.56. The van der Waals surface area contributed by atoms with Crippen molar-refractivity contribution in [2.75, 3.05) is 6.61 Å². The van der Waals surface area contributed by atoms with Gasteiger partial charge in [-0.2, -0.15) is 8.42 Å². The maximum Gasteiger partial charge on any atom is 0.330 e. The lowest BCUT2D eigenvalue weighted by Crippen LogP contribution is -2.59. The Kier molecular flexibility index (Phi) is 7.76. The molecule has 0 saturated carbocycles. The van der Waals surface area contributed by atoms with E-state index in [-0.39, 0.29) is 27.9 Å². The van der Waals surface area contributed by atoms with Crippen LogP contribution in [0.2, 0.25) is 36.3 Å². The molecular weight excluding hydrogens is 547 g/mol. The van der Waals surface area contributed by atoms with Gasteiger partial charge in [-0.1, -0.05) is 41.5 Å². The Morgan fingerprint density at radius 1 is 1.08 bits per heavy atom. The molecular formula is C24H43N3O8SSi2. The van der Waals surface area contributed by atoms with Gasteiger partial charge in [0.1, 0.15) is 12.2 Å². The summed E-state index contributed by atoms with van der Waals surface area (Å²) in [4.78, 5) is 27.4. The first-order valence-electron chi connectivity index (χ1n) is 12.7. The van der Waals surface area contributed by atoms with Gasteiger partial charge < -0.3 is 19.3 Å². The molecule has 0 aromatic carbocycles. The van der Waals surface area contributed by atoms with Crippen LogP contribution in [-0.2, 0) is 27.9 Å². The molecule has 1 spiro atoms. The summed E-state index contributed by atoms with van der Waals surface area (Å²) in [6.07, 6.45) is -1.93. The molecule has 1 unspecified atom stereocenters. The van der Waals surface area contributed by atoms with Crippen LogP contribution in [0.1, 0.15) is 53.3 Å². The zero-order valence-electron chi connectivity index (χ0n) is 24.3. The van der Waals surface area contributed by atoms with Gasteiger partial charge in [-0.3, -0.25) is 14.3 Å². The molecule has 1 fully saturated rings. The number of hydrogen-bond acceptors (Lipinski definition) is 9. The minimum atomic E-state index is -4.18. The molecule has 14 heteroatoms. The van der Waals surface area contributed by atoms with Gasteiger partial charge >= 0.3 is 5.69 Å². The zero-order chi connectivity index (χ0) is 29.3. The normalized spacial score (nSPS) is 28.2. The number of aromatic amines is 1. The Balaban J connectivity index is 2.24. The molecule has 2 aliphatic heterocycles. The van der Waals surface area contributed by atoms with Crippen molar-refractivity contribution in [2.45, 2.75) is 109 Å². The highest BCUT2D eigenvalue weighted by Crippen LogP contribution is 2.52. The molecule has 2 aliphatic rings. The van der Waals surface area contributed by atoms with Crippen molar-refractivity contribution in [1.29, 1.82) is 0 Å². The minimum absolute atomic E-state index is 0.0362. The molecule has 3 rings (SSSR count). The lowest BCUT2D eigenvalue weighted by atomic mass is 9.89. The van der Waals surface area contributed by atoms with Crippen LogP contribution in [0, 0.1) is 6.92 Å². The second-order valence-corrected chi connectivity index (χ2v) is 24.3. The van der Waals surface area contributed by atoms with Gasteiger partial charge in [0.05, 0.1) is 17.7 Å². The molecule has 38 heavy (non-hydrogen) atoms. The van der Waals surface area contributed by atoms with Gasteiger partial charge in [0.25, 0.3) is 15.7 Å². The number of ether oxygens (including phenoxy) is 1. The summed E-state index contributed by atoms with van der Waals surface area (Å²) in [6.45, 7) is 22.0. The second kappa shape index (κ2) is 9.52. The summed E-state index contributed by atoms with van der Waals surface area (Å²) in [6, 6.07) is 0. The largest absolute Gasteiger partial charge is 0.414 e. The smallest absolute Gasteiger partial charge is 0.330 e. The molecule has 4 atom stereocenters. The quantitative estimate of drug-likeness (QED) is 0.377. The van der Waals surface area contributed by atoms with E-state index in [1.807, 2.05) is 33.9 Å². The first-order chi connectivity index (χ1) is 17.0. The Bertz CT molecular complexity index is 1340. The maximum absolute atomic E-state index is 13.0. The van der Waals surface area contributed by atoms with Gasteiger partial charge in [0.15, 0.2) is 28.5 Å². The van der Waals surface area contributed by atoms with Gasteiger partial charge in [0.2, 0.25) is 0 Å². The first kappa shape index (κ1) is 31.0. The van der Waals surface area contributed by atoms with Crippen LogP contribution in [0.3, 0.4) is 0 Å². The number of aryl methyl sites for hydroxylation is 1. The van der Waals surface area contributed by atoms with Crippen LogP contribution in [0.5, 0.6) is 0 Å². The molecule has 0 aliphatic carbocycles. The number of hydrogen-bond donors (Lipinski definition) is 2. The van der Waals surface area contributed by atoms with Gasteiger partial charge in [0, 0.05) is 11.8 Å². The number of H-pyrrole nitrogens is 1. The minimum Gasteiger partial charge on any atom is -0.414 e. The van der Waals surface area contributed by atoms with Gasteiger partial charge in [-0.25, -0.2) is 8.98 Å². The molecule has 0 amide bonds. The highest BCUT2D eigenvalue weighted by molar-refractivity contribution is 7.90. The maximum atomic E-state index is 13.0. The molecule has 1 aromatic rings. The van der Waals surface area contributed by atoms with E-state index in [0.717, 1.165) is 5.41 Å². The van der Waals surface area contributed by atoms with E-state index in [1.165, 1.54) is 10.8 Å². The SMILES string of the molecule is Cc1cn([C@@H]2O[C@@H](CO[Si](C)(C)C(C)(C)C)C3(OS(=O)(=O)C=C3N)[C@@H]2O[Si](C)(C)C(C)(C)C)c(=O)[nH]c1=O. The average Bonchev–Trinajstić information content (AvgIpc) is 3.14. The van der Waals surface area contributed by atoms with Crippen molar-refractivity contribution >= 4 is 26.8 Å². The molecule has 3 N–H and O–H groups in total. The topological polar surface area (TPSA) is 152 Å². The Morgan fingerprint density at radius 3 is 2.11 bits per heavy atom. The fourth-order valence-electron chi connectivity index (χ4n) is 3.99. The van der Waals surface area contributed by atoms with Crippen molar-refractivity contribution < 1.29 is 26.2 Å². The van der Waals surface area contributed by atoms with Crippen LogP contribution in [0.15, 0.2) is 26.9 Å². The van der Waals surface area contributed by atoms with Crippen LogP contribution in [0.4, 0.5) is 0 Å². The van der Waals surface area contributed by atoms with Gasteiger partial charge in [-0.15, -0.1) is 0 Å². The fraction of sp³-hybridized carbons (Fsp3) is 0.750. The first-order valence-corrected chi connectivity index (χ1v) is 20.0. The molecule has 0 radical (unpaired) electrons. The van der Waals surface area contributed by atoms with Crippen LogP contribution in [-0.4, -0.2) is 59.0 Å². The Labute approximate surface area is 227 Å². The van der Waals surface area contributed by atoms with Crippen molar-refractivity contribution in [3.8, 4) is 0 Å². The number of aromatic nitrogens is 2. The van der Waals surface area contributed by atoms with E-state index in [9.17, 15) is 18.0 Å². The highest BCUT2D eigenvalue weighted by Gasteiger charge is 2.67. The monoisotopic (exact) mass is 589 g/mol. The molecule has 0 bridgehead atoms. The molecule has 1 saturated heterocycles. The summed E-state index contributed by atoms with van der Waals surface area (Å²) in [5.41, 5.74) is 3.61. The van der Waals surface area contributed by atoms with E-state index >= 15 is 0 Å². The van der Waals surface area contributed by atoms with Crippen LogP contribution < -0.4 is 17.0 Å². The molecule has 3 heterocycles. The third kappa shape index (κ3) is 5.40. The fourth-order valence-corrected chi connectivity index (χ4v) is 7.50. The van der Waals surface area contributed by atoms with E-state index in [0.29, 0.717) is 0 Å². The number of nitrogens with zero attached hydrogens (tertiary/aromatic N) is 1. The lowest BCUT2D eigenvalue weighted by Gasteiger charge is -2.43. The van der Waals surface area contributed by atoms with Crippen molar-refractivity contribution in [3.63, 3.8) is 0 Å². The molecule has 216 valence electrons. The second-order valence-electron chi connectivity index (χ2n) is 13.3. The van der Waals surface area contributed by atoms with Crippen molar-refractivity contribution in [2.24, 2.45) is 5.73 Å². The van der Waals surface area contributed by atoms with Crippen LogP contribution in [0.25, 0.3) is 0 Å². The van der Waals surface area contributed by atoms with E-state index < -0.39 is 62.0 Å². The number of rotatable bonds is 6. The third-order valence-electron chi connectivity index (χ3n) is 8.49. The van der Waals surface area contributed by atoms with Crippen molar-refractivity contribution in [1.82, 2.24) is 9.55 Å². The van der Waals surface area contributed by atoms with E-state index in [4.69, 9.17) is 23.5 Å².